The summed E-state index contributed by atoms with van der Waals surface area (Å²) in [6.07, 6.45) is 1.31. The molecule has 0 saturated carbocycles. The van der Waals surface area contributed by atoms with Gasteiger partial charge in [0.05, 0.1) is 10.4 Å². The first kappa shape index (κ1) is 16.9. The Labute approximate surface area is 134 Å². The molecule has 0 amide bonds. The molecule has 1 aromatic carbocycles. The maximum Gasteiger partial charge on any atom is 0.330 e. The summed E-state index contributed by atoms with van der Waals surface area (Å²) in [5.74, 6) is -1.30. The van der Waals surface area contributed by atoms with Crippen LogP contribution in [0.2, 0.25) is 5.02 Å². The summed E-state index contributed by atoms with van der Waals surface area (Å²) in [7, 11) is 0. The molecule has 0 N–H and O–H groups in total. The first-order valence-electron chi connectivity index (χ1n) is 7.18. The third-order valence-electron chi connectivity index (χ3n) is 3.52. The summed E-state index contributed by atoms with van der Waals surface area (Å²) < 4.78 is 13.5. The fourth-order valence-electron chi connectivity index (χ4n) is 2.20. The molecule has 2 rings (SSSR count). The molecule has 0 bridgehead atoms. The van der Waals surface area contributed by atoms with E-state index in [0.29, 0.717) is 13.0 Å². The van der Waals surface area contributed by atoms with E-state index in [9.17, 15) is 14.0 Å². The van der Waals surface area contributed by atoms with Crippen LogP contribution in [0.4, 0.5) is 4.39 Å². The van der Waals surface area contributed by atoms with Crippen LogP contribution in [0.15, 0.2) is 18.2 Å². The Bertz CT molecular complexity index is 598. The van der Waals surface area contributed by atoms with E-state index in [1.54, 1.807) is 20.8 Å². The minimum atomic E-state index is -0.650. The Morgan fingerprint density at radius 2 is 2.05 bits per heavy atom. The van der Waals surface area contributed by atoms with E-state index in [1.807, 2.05) is 0 Å². The molecule has 4 nitrogen and oxygen atoms in total. The monoisotopic (exact) mass is 327 g/mol. The summed E-state index contributed by atoms with van der Waals surface area (Å²) in [6.45, 7) is 5.73. The van der Waals surface area contributed by atoms with Gasteiger partial charge in [-0.1, -0.05) is 11.6 Å². The van der Waals surface area contributed by atoms with Crippen molar-refractivity contribution in [3.63, 3.8) is 0 Å². The van der Waals surface area contributed by atoms with Gasteiger partial charge in [-0.2, -0.15) is 0 Å². The predicted octanol–water partition coefficient (Wildman–Crippen LogP) is 3.63. The molecule has 0 aliphatic carbocycles. The van der Waals surface area contributed by atoms with Crippen molar-refractivity contribution in [1.29, 1.82) is 0 Å². The van der Waals surface area contributed by atoms with Crippen molar-refractivity contribution in [3.8, 4) is 0 Å². The van der Waals surface area contributed by atoms with E-state index in [4.69, 9.17) is 16.4 Å². The van der Waals surface area contributed by atoms with Gasteiger partial charge in [0.1, 0.15) is 11.9 Å². The molecule has 1 aliphatic heterocycles. The zero-order chi connectivity index (χ0) is 16.5. The van der Waals surface area contributed by atoms with Crippen LogP contribution in [0, 0.1) is 11.2 Å². The summed E-state index contributed by atoms with van der Waals surface area (Å²) in [5, 5.41) is 1.38. The van der Waals surface area contributed by atoms with E-state index in [1.165, 1.54) is 17.2 Å². The van der Waals surface area contributed by atoms with Crippen LogP contribution < -0.4 is 0 Å². The number of hydrogen-bond acceptors (Lipinski definition) is 4. The lowest BCUT2D eigenvalue weighted by molar-refractivity contribution is -0.200. The van der Waals surface area contributed by atoms with Crippen molar-refractivity contribution >= 4 is 23.4 Å². The van der Waals surface area contributed by atoms with E-state index >= 15 is 0 Å². The molecule has 22 heavy (non-hydrogen) atoms. The first-order valence-corrected chi connectivity index (χ1v) is 7.56. The van der Waals surface area contributed by atoms with E-state index in [-0.39, 0.29) is 16.4 Å². The molecule has 1 aliphatic rings. The van der Waals surface area contributed by atoms with Gasteiger partial charge in [-0.15, -0.1) is 5.06 Å². The number of hydrogen-bond donors (Lipinski definition) is 0. The van der Waals surface area contributed by atoms with Crippen molar-refractivity contribution in [2.75, 3.05) is 6.54 Å². The fraction of sp³-hybridized carbons (Fsp3) is 0.500. The number of benzene rings is 1. The molecule has 0 unspecified atom stereocenters. The maximum absolute atomic E-state index is 13.5. The summed E-state index contributed by atoms with van der Waals surface area (Å²) in [4.78, 5) is 29.8. The number of Topliss-reactive ketones (excluding diaryl/α,β-unsaturated/α-hetero) is 1. The molecule has 0 spiro atoms. The molecule has 1 aromatic rings. The number of nitrogens with zero attached hydrogens (tertiary/aromatic N) is 1. The van der Waals surface area contributed by atoms with Crippen LogP contribution in [-0.4, -0.2) is 29.4 Å². The van der Waals surface area contributed by atoms with E-state index in [0.717, 1.165) is 12.5 Å². The Hall–Kier alpha value is -1.46. The highest BCUT2D eigenvalue weighted by molar-refractivity contribution is 6.30. The number of halogens is 2. The number of carbonyl (C=O) groups excluding carboxylic acids is 2. The van der Waals surface area contributed by atoms with Gasteiger partial charge in [-0.3, -0.25) is 4.79 Å². The molecule has 120 valence electrons. The first-order chi connectivity index (χ1) is 10.2. The standard InChI is InChI=1S/C16H19ClFNO3/c1-16(2,3)15(21)22-19-8-4-5-13(19)14(20)10-6-7-11(17)12(18)9-10/h6-7,9,13H,4-5,8H2,1-3H3/t13-/m1/s1. The second-order valence-corrected chi connectivity index (χ2v) is 6.83. The molecular formula is C16H19ClFNO3. The van der Waals surface area contributed by atoms with Gasteiger partial charge >= 0.3 is 5.97 Å². The number of hydroxylamine groups is 2. The Kier molecular flexibility index (Phi) is 4.87. The Balaban J connectivity index is 2.14. The Morgan fingerprint density at radius 1 is 1.36 bits per heavy atom. The van der Waals surface area contributed by atoms with Crippen LogP contribution in [0.1, 0.15) is 44.0 Å². The van der Waals surface area contributed by atoms with E-state index < -0.39 is 23.2 Å². The molecule has 1 fully saturated rings. The largest absolute Gasteiger partial charge is 0.367 e. The highest BCUT2D eigenvalue weighted by Gasteiger charge is 2.36. The average Bonchev–Trinajstić information content (AvgIpc) is 2.88. The highest BCUT2D eigenvalue weighted by Crippen LogP contribution is 2.26. The van der Waals surface area contributed by atoms with E-state index in [2.05, 4.69) is 0 Å². The van der Waals surface area contributed by atoms with Crippen molar-refractivity contribution in [3.05, 3.63) is 34.6 Å². The second-order valence-electron chi connectivity index (χ2n) is 6.42. The summed E-state index contributed by atoms with van der Waals surface area (Å²) >= 11 is 5.63. The smallest absolute Gasteiger partial charge is 0.330 e. The van der Waals surface area contributed by atoms with Gasteiger partial charge in [-0.25, -0.2) is 9.18 Å². The normalized spacial score (nSPS) is 19.2. The zero-order valence-electron chi connectivity index (χ0n) is 12.9. The average molecular weight is 328 g/mol. The van der Waals surface area contributed by atoms with Crippen LogP contribution in [-0.2, 0) is 9.63 Å². The van der Waals surface area contributed by atoms with Gasteiger partial charge in [-0.05, 0) is 51.8 Å². The quantitative estimate of drug-likeness (QED) is 0.795. The molecular weight excluding hydrogens is 309 g/mol. The number of rotatable bonds is 3. The number of ketones is 1. The minimum absolute atomic E-state index is 0.0287. The lowest BCUT2D eigenvalue weighted by Gasteiger charge is -2.26. The molecule has 0 radical (unpaired) electrons. The fourth-order valence-corrected chi connectivity index (χ4v) is 2.31. The lowest BCUT2D eigenvalue weighted by atomic mass is 9.98. The summed E-state index contributed by atoms with van der Waals surface area (Å²) in [6, 6.07) is 3.37. The second kappa shape index (κ2) is 6.34. The number of carbonyl (C=O) groups is 2. The van der Waals surface area contributed by atoms with Gasteiger partial charge in [0, 0.05) is 12.1 Å². The van der Waals surface area contributed by atoms with Crippen molar-refractivity contribution in [1.82, 2.24) is 5.06 Å². The van der Waals surface area contributed by atoms with Crippen molar-refractivity contribution < 1.29 is 18.8 Å². The predicted molar refractivity (Wildman–Crippen MR) is 81.0 cm³/mol. The van der Waals surface area contributed by atoms with Gasteiger partial charge in [0.25, 0.3) is 0 Å². The third kappa shape index (κ3) is 3.65. The molecule has 6 heteroatoms. The molecule has 0 aromatic heterocycles. The molecule has 1 atom stereocenters. The molecule has 1 saturated heterocycles. The summed E-state index contributed by atoms with van der Waals surface area (Å²) in [5.41, 5.74) is -0.423. The lowest BCUT2D eigenvalue weighted by Crippen LogP contribution is -2.40. The van der Waals surface area contributed by atoms with Crippen LogP contribution >= 0.6 is 11.6 Å². The van der Waals surface area contributed by atoms with Crippen molar-refractivity contribution in [2.24, 2.45) is 5.41 Å². The van der Waals surface area contributed by atoms with Crippen molar-refractivity contribution in [2.45, 2.75) is 39.7 Å². The minimum Gasteiger partial charge on any atom is -0.367 e. The van der Waals surface area contributed by atoms with Crippen LogP contribution in [0.5, 0.6) is 0 Å². The van der Waals surface area contributed by atoms with Crippen LogP contribution in [0.25, 0.3) is 0 Å². The SMILES string of the molecule is CC(C)(C)C(=O)ON1CCC[C@@H]1C(=O)c1ccc(Cl)c(F)c1. The van der Waals surface area contributed by atoms with Gasteiger partial charge < -0.3 is 4.84 Å². The maximum atomic E-state index is 13.5. The topological polar surface area (TPSA) is 46.6 Å². The molecule has 1 heterocycles. The van der Waals surface area contributed by atoms with Gasteiger partial charge in [0.15, 0.2) is 5.78 Å². The zero-order valence-corrected chi connectivity index (χ0v) is 13.6. The highest BCUT2D eigenvalue weighted by atomic mass is 35.5. The Morgan fingerprint density at radius 3 is 2.64 bits per heavy atom. The van der Waals surface area contributed by atoms with Crippen LogP contribution in [0.3, 0.4) is 0 Å². The van der Waals surface area contributed by atoms with Gasteiger partial charge in [0.2, 0.25) is 0 Å². The third-order valence-corrected chi connectivity index (χ3v) is 3.83.